The lowest BCUT2D eigenvalue weighted by atomic mass is 9.92. The van der Waals surface area contributed by atoms with Crippen molar-refractivity contribution in [2.45, 2.75) is 5.66 Å². The maximum Gasteiger partial charge on any atom is 0.358 e. The van der Waals surface area contributed by atoms with Gasteiger partial charge in [-0.1, -0.05) is 66.7 Å². The summed E-state index contributed by atoms with van der Waals surface area (Å²) < 4.78 is 5.17. The number of esters is 1. The van der Waals surface area contributed by atoms with Gasteiger partial charge in [0.2, 0.25) is 0 Å². The smallest absolute Gasteiger partial charge is 0.358 e. The number of para-hydroxylation sites is 2. The van der Waals surface area contributed by atoms with Crippen molar-refractivity contribution in [3.8, 4) is 0 Å². The van der Waals surface area contributed by atoms with Crippen molar-refractivity contribution < 1.29 is 24.2 Å². The fourth-order valence-electron chi connectivity index (χ4n) is 4.15. The molecule has 7 nitrogen and oxygen atoms in total. The molecule has 0 spiro atoms. The van der Waals surface area contributed by atoms with Crippen LogP contribution < -0.4 is 9.80 Å². The summed E-state index contributed by atoms with van der Waals surface area (Å²) in [4.78, 5) is 43.0. The summed E-state index contributed by atoms with van der Waals surface area (Å²) in [5, 5.41) is 11.3. The molecule has 0 aromatic heterocycles. The van der Waals surface area contributed by atoms with E-state index in [-0.39, 0.29) is 5.57 Å². The molecule has 0 saturated carbocycles. The standard InChI is InChI=1S/C26H22N2O5/c1-27(19-14-8-4-9-15-19)26(25(32)33-2)21(22(29)18-12-6-3-7-13-18)23(30)24(31)28(26)20-16-10-5-11-17-20/h3-17,29H,1-2H3. The number of carbonyl (C=O) groups excluding carboxylic acids is 3. The Balaban J connectivity index is 2.12. The van der Waals surface area contributed by atoms with E-state index in [0.717, 1.165) is 4.90 Å². The van der Waals surface area contributed by atoms with E-state index in [2.05, 4.69) is 0 Å². The van der Waals surface area contributed by atoms with E-state index in [1.165, 1.54) is 12.0 Å². The first-order valence-corrected chi connectivity index (χ1v) is 10.2. The molecule has 0 bridgehead atoms. The van der Waals surface area contributed by atoms with Crippen LogP contribution in [0.15, 0.2) is 96.6 Å². The van der Waals surface area contributed by atoms with Gasteiger partial charge >= 0.3 is 11.9 Å². The second-order valence-electron chi connectivity index (χ2n) is 7.45. The molecule has 7 heteroatoms. The third kappa shape index (κ3) is 3.34. The number of ketones is 1. The van der Waals surface area contributed by atoms with Gasteiger partial charge in [-0.05, 0) is 24.3 Å². The Kier molecular flexibility index (Phi) is 5.70. The maximum absolute atomic E-state index is 13.6. The Bertz CT molecular complexity index is 1230. The zero-order valence-electron chi connectivity index (χ0n) is 18.1. The van der Waals surface area contributed by atoms with Crippen LogP contribution in [0, 0.1) is 0 Å². The first kappa shape index (κ1) is 21.8. The lowest BCUT2D eigenvalue weighted by molar-refractivity contribution is -0.145. The van der Waals surface area contributed by atoms with Gasteiger partial charge in [0.15, 0.2) is 0 Å². The molecule has 1 atom stereocenters. The number of rotatable bonds is 5. The summed E-state index contributed by atoms with van der Waals surface area (Å²) in [5.74, 6) is -3.31. The number of hydrogen-bond acceptors (Lipinski definition) is 6. The molecule has 1 amide bonds. The number of methoxy groups -OCH3 is 1. The number of aliphatic hydroxyl groups is 1. The van der Waals surface area contributed by atoms with Crippen LogP contribution in [0.3, 0.4) is 0 Å². The van der Waals surface area contributed by atoms with E-state index >= 15 is 0 Å². The number of ether oxygens (including phenoxy) is 1. The van der Waals surface area contributed by atoms with Gasteiger partial charge in [0.25, 0.3) is 11.4 Å². The first-order valence-electron chi connectivity index (χ1n) is 10.2. The molecule has 166 valence electrons. The molecule has 1 fully saturated rings. The predicted molar refractivity (Wildman–Crippen MR) is 125 cm³/mol. The van der Waals surface area contributed by atoms with Crippen LogP contribution in [-0.2, 0) is 19.1 Å². The Morgan fingerprint density at radius 2 is 1.39 bits per heavy atom. The highest BCUT2D eigenvalue weighted by atomic mass is 16.5. The SMILES string of the molecule is COC(=O)C1(N(C)c2ccccc2)C(=C(O)c2ccccc2)C(=O)C(=O)N1c1ccccc1. The largest absolute Gasteiger partial charge is 0.507 e. The lowest BCUT2D eigenvalue weighted by Gasteiger charge is -2.43. The third-order valence-corrected chi connectivity index (χ3v) is 5.69. The summed E-state index contributed by atoms with van der Waals surface area (Å²) in [6.07, 6.45) is 0. The van der Waals surface area contributed by atoms with Gasteiger partial charge < -0.3 is 14.7 Å². The molecule has 3 aromatic rings. The first-order chi connectivity index (χ1) is 15.9. The maximum atomic E-state index is 13.6. The van der Waals surface area contributed by atoms with Gasteiger partial charge in [-0.25, -0.2) is 4.79 Å². The molecule has 0 radical (unpaired) electrons. The molecular weight excluding hydrogens is 420 g/mol. The summed E-state index contributed by atoms with van der Waals surface area (Å²) >= 11 is 0. The van der Waals surface area contributed by atoms with Crippen molar-refractivity contribution in [3.05, 3.63) is 102 Å². The highest BCUT2D eigenvalue weighted by Gasteiger charge is 2.65. The van der Waals surface area contributed by atoms with Crippen molar-refractivity contribution in [2.75, 3.05) is 24.0 Å². The highest BCUT2D eigenvalue weighted by Crippen LogP contribution is 2.44. The van der Waals surface area contributed by atoms with Gasteiger partial charge in [0.05, 0.1) is 7.11 Å². The van der Waals surface area contributed by atoms with Crippen LogP contribution in [0.5, 0.6) is 0 Å². The van der Waals surface area contributed by atoms with E-state index in [1.807, 2.05) is 0 Å². The normalized spacial score (nSPS) is 19.4. The van der Waals surface area contributed by atoms with E-state index in [0.29, 0.717) is 16.9 Å². The van der Waals surface area contributed by atoms with Gasteiger partial charge in [-0.15, -0.1) is 0 Å². The molecule has 1 heterocycles. The third-order valence-electron chi connectivity index (χ3n) is 5.69. The zero-order valence-corrected chi connectivity index (χ0v) is 18.1. The highest BCUT2D eigenvalue weighted by molar-refractivity contribution is 6.54. The molecule has 1 aliphatic heterocycles. The van der Waals surface area contributed by atoms with Crippen LogP contribution in [-0.4, -0.2) is 42.6 Å². The van der Waals surface area contributed by atoms with Crippen molar-refractivity contribution in [2.24, 2.45) is 0 Å². The Morgan fingerprint density at radius 3 is 1.94 bits per heavy atom. The summed E-state index contributed by atoms with van der Waals surface area (Å²) in [6, 6.07) is 25.5. The molecule has 1 unspecified atom stereocenters. The second kappa shape index (κ2) is 8.63. The summed E-state index contributed by atoms with van der Waals surface area (Å²) in [6.45, 7) is 0. The number of benzene rings is 3. The zero-order chi connectivity index (χ0) is 23.6. The number of likely N-dealkylation sites (N-methyl/N-ethyl adjacent to an activating group) is 1. The average molecular weight is 442 g/mol. The quantitative estimate of drug-likeness (QED) is 0.281. The number of Topliss-reactive ketones (excluding diaryl/α,β-unsaturated/α-hetero) is 1. The van der Waals surface area contributed by atoms with Crippen LogP contribution in [0.25, 0.3) is 5.76 Å². The molecule has 33 heavy (non-hydrogen) atoms. The number of nitrogens with zero attached hydrogens (tertiary/aromatic N) is 2. The predicted octanol–water partition coefficient (Wildman–Crippen LogP) is 3.58. The Labute approximate surface area is 191 Å². The number of carbonyl (C=O) groups is 3. The molecule has 1 N–H and O–H groups in total. The van der Waals surface area contributed by atoms with Crippen LogP contribution in [0.4, 0.5) is 11.4 Å². The summed E-state index contributed by atoms with van der Waals surface area (Å²) in [7, 11) is 2.75. The number of anilines is 2. The van der Waals surface area contributed by atoms with E-state index in [1.54, 1.807) is 98.0 Å². The van der Waals surface area contributed by atoms with Crippen LogP contribution in [0.1, 0.15) is 5.56 Å². The Morgan fingerprint density at radius 1 is 0.879 bits per heavy atom. The van der Waals surface area contributed by atoms with E-state index in [4.69, 9.17) is 4.74 Å². The minimum absolute atomic E-state index is 0.290. The fourth-order valence-corrected chi connectivity index (χ4v) is 4.15. The van der Waals surface area contributed by atoms with Crippen LogP contribution in [0.2, 0.25) is 0 Å². The number of amides is 1. The van der Waals surface area contributed by atoms with Crippen LogP contribution >= 0.6 is 0 Å². The van der Waals surface area contributed by atoms with Gasteiger partial charge in [-0.3, -0.25) is 14.5 Å². The number of aliphatic hydroxyl groups excluding tert-OH is 1. The second-order valence-corrected chi connectivity index (χ2v) is 7.45. The average Bonchev–Trinajstić information content (AvgIpc) is 3.11. The summed E-state index contributed by atoms with van der Waals surface area (Å²) in [5.41, 5.74) is -1.34. The molecule has 0 aliphatic carbocycles. The minimum atomic E-state index is -2.09. The molecule has 1 aliphatic rings. The number of hydrogen-bond donors (Lipinski definition) is 1. The van der Waals surface area contributed by atoms with E-state index < -0.39 is 29.1 Å². The van der Waals surface area contributed by atoms with Crippen molar-refractivity contribution in [1.82, 2.24) is 0 Å². The minimum Gasteiger partial charge on any atom is -0.507 e. The van der Waals surface area contributed by atoms with Gasteiger partial charge in [0, 0.05) is 24.0 Å². The molecule has 3 aromatic carbocycles. The Hall–Kier alpha value is -4.39. The molecule has 4 rings (SSSR count). The van der Waals surface area contributed by atoms with Crippen molar-refractivity contribution >= 4 is 34.8 Å². The van der Waals surface area contributed by atoms with Gasteiger partial charge in [-0.2, -0.15) is 0 Å². The van der Waals surface area contributed by atoms with Crippen molar-refractivity contribution in [3.63, 3.8) is 0 Å². The molecule has 1 saturated heterocycles. The van der Waals surface area contributed by atoms with E-state index in [9.17, 15) is 19.5 Å². The fraction of sp³-hybridized carbons (Fsp3) is 0.115. The topological polar surface area (TPSA) is 87.1 Å². The van der Waals surface area contributed by atoms with Crippen molar-refractivity contribution in [1.29, 1.82) is 0 Å². The monoisotopic (exact) mass is 442 g/mol. The van der Waals surface area contributed by atoms with Gasteiger partial charge in [0.1, 0.15) is 11.3 Å². The lowest BCUT2D eigenvalue weighted by Crippen LogP contribution is -2.64. The molecular formula is C26H22N2O5.